The molecule has 2 heterocycles. The number of para-hydroxylation sites is 2. The zero-order valence-electron chi connectivity index (χ0n) is 14.3. The molecule has 5 nitrogen and oxygen atoms in total. The van der Waals surface area contributed by atoms with E-state index in [1.807, 2.05) is 28.8 Å². The topological polar surface area (TPSA) is 46.3 Å². The van der Waals surface area contributed by atoms with Crippen LogP contribution in [-0.2, 0) is 0 Å². The molecule has 1 atom stereocenters. The maximum atomic E-state index is 6.81. The highest BCUT2D eigenvalue weighted by molar-refractivity contribution is 6.31. The molecule has 0 amide bonds. The van der Waals surface area contributed by atoms with Crippen LogP contribution < -0.4 is 0 Å². The first-order valence-corrected chi connectivity index (χ1v) is 9.16. The van der Waals surface area contributed by atoms with Crippen molar-refractivity contribution < 1.29 is 0 Å². The van der Waals surface area contributed by atoms with Crippen molar-refractivity contribution in [1.82, 2.24) is 19.7 Å². The second-order valence-electron chi connectivity index (χ2n) is 6.07. The minimum absolute atomic E-state index is 0.395. The lowest BCUT2D eigenvalue weighted by atomic mass is 10.2. The van der Waals surface area contributed by atoms with Crippen LogP contribution in [0.15, 0.2) is 35.6 Å². The van der Waals surface area contributed by atoms with Gasteiger partial charge in [0.2, 0.25) is 0 Å². The Morgan fingerprint density at radius 2 is 1.83 bits per heavy atom. The predicted molar refractivity (Wildman–Crippen MR) is 98.4 cm³/mol. The molecular weight excluding hydrogens is 322 g/mol. The van der Waals surface area contributed by atoms with Crippen LogP contribution in [0.3, 0.4) is 0 Å². The molecule has 1 aliphatic rings. The molecule has 3 rings (SSSR count). The van der Waals surface area contributed by atoms with E-state index in [-0.39, 0.29) is 0 Å². The summed E-state index contributed by atoms with van der Waals surface area (Å²) in [5, 5.41) is 7.94. The maximum absolute atomic E-state index is 6.81. The molecule has 1 aromatic heterocycles. The van der Waals surface area contributed by atoms with Crippen molar-refractivity contribution >= 4 is 23.1 Å². The third kappa shape index (κ3) is 3.31. The van der Waals surface area contributed by atoms with E-state index in [9.17, 15) is 0 Å². The van der Waals surface area contributed by atoms with E-state index < -0.39 is 5.38 Å². The molecule has 2 aromatic rings. The van der Waals surface area contributed by atoms with Gasteiger partial charge in [0.25, 0.3) is 0 Å². The lowest BCUT2D eigenvalue weighted by Crippen LogP contribution is -2.35. The van der Waals surface area contributed by atoms with Gasteiger partial charge in [-0.15, -0.1) is 21.8 Å². The molecule has 0 saturated heterocycles. The third-order valence-corrected chi connectivity index (χ3v) is 4.68. The molecule has 0 radical (unpaired) electrons. The van der Waals surface area contributed by atoms with E-state index in [1.165, 1.54) is 0 Å². The first-order valence-electron chi connectivity index (χ1n) is 8.73. The van der Waals surface area contributed by atoms with Gasteiger partial charge in [-0.1, -0.05) is 38.8 Å². The normalized spacial score (nSPS) is 16.1. The van der Waals surface area contributed by atoms with Crippen LogP contribution >= 0.6 is 11.6 Å². The fraction of sp³-hybridized carbons (Fsp3) is 0.500. The van der Waals surface area contributed by atoms with E-state index in [0.29, 0.717) is 0 Å². The van der Waals surface area contributed by atoms with Crippen molar-refractivity contribution in [2.24, 2.45) is 4.99 Å². The quantitative estimate of drug-likeness (QED) is 0.724. The van der Waals surface area contributed by atoms with Crippen molar-refractivity contribution in [2.45, 2.75) is 44.9 Å². The molecule has 1 aromatic carbocycles. The van der Waals surface area contributed by atoms with Gasteiger partial charge in [0.15, 0.2) is 11.2 Å². The molecule has 1 unspecified atom stereocenters. The number of hydrogen-bond donors (Lipinski definition) is 0. The van der Waals surface area contributed by atoms with E-state index >= 15 is 0 Å². The predicted octanol–water partition coefficient (Wildman–Crippen LogP) is 4.49. The zero-order chi connectivity index (χ0) is 16.9. The number of aromatic nitrogens is 3. The standard InChI is InChI=1S/C18H24ClN5/c1-3-5-11-23(12-6-4-2)17-16(19)18-22-20-13-24(18)15-10-8-7-9-14(15)21-17/h7-10,13,16H,3-6,11-12H2,1-2H3. The summed E-state index contributed by atoms with van der Waals surface area (Å²) in [6.07, 6.45) is 6.26. The van der Waals surface area contributed by atoms with Crippen molar-refractivity contribution in [3.63, 3.8) is 0 Å². The summed E-state index contributed by atoms with van der Waals surface area (Å²) in [5.74, 6) is 1.62. The number of alkyl halides is 1. The molecule has 0 saturated carbocycles. The minimum Gasteiger partial charge on any atom is -0.358 e. The van der Waals surface area contributed by atoms with Crippen LogP contribution in [0.4, 0.5) is 5.69 Å². The van der Waals surface area contributed by atoms with Crippen LogP contribution in [-0.4, -0.2) is 38.6 Å². The Morgan fingerprint density at radius 3 is 2.54 bits per heavy atom. The summed E-state index contributed by atoms with van der Waals surface area (Å²) in [7, 11) is 0. The first-order chi connectivity index (χ1) is 11.8. The summed E-state index contributed by atoms with van der Waals surface area (Å²) in [4.78, 5) is 7.26. The highest BCUT2D eigenvalue weighted by atomic mass is 35.5. The Bertz CT molecular complexity index is 701. The second-order valence-corrected chi connectivity index (χ2v) is 6.51. The first kappa shape index (κ1) is 17.0. The molecule has 0 bridgehead atoms. The molecule has 6 heteroatoms. The van der Waals surface area contributed by atoms with Gasteiger partial charge in [0.1, 0.15) is 12.2 Å². The van der Waals surface area contributed by atoms with Crippen LogP contribution in [0.5, 0.6) is 0 Å². The summed E-state index contributed by atoms with van der Waals surface area (Å²) < 4.78 is 1.95. The molecule has 128 valence electrons. The van der Waals surface area contributed by atoms with Crippen molar-refractivity contribution in [2.75, 3.05) is 13.1 Å². The molecule has 24 heavy (non-hydrogen) atoms. The summed E-state index contributed by atoms with van der Waals surface area (Å²) in [6.45, 7) is 6.34. The fourth-order valence-corrected chi connectivity index (χ4v) is 3.27. The monoisotopic (exact) mass is 345 g/mol. The van der Waals surface area contributed by atoms with E-state index in [2.05, 4.69) is 28.9 Å². The Morgan fingerprint density at radius 1 is 1.12 bits per heavy atom. The third-order valence-electron chi connectivity index (χ3n) is 4.29. The summed E-state index contributed by atoms with van der Waals surface area (Å²) in [6, 6.07) is 8.05. The average Bonchev–Trinajstić information content (AvgIpc) is 3.06. The lowest BCUT2D eigenvalue weighted by molar-refractivity contribution is 0.391. The second kappa shape index (κ2) is 7.79. The molecular formula is C18H24ClN5. The summed E-state index contributed by atoms with van der Waals surface area (Å²) in [5.41, 5.74) is 1.89. The van der Waals surface area contributed by atoms with Gasteiger partial charge in [-0.25, -0.2) is 4.99 Å². The average molecular weight is 346 g/mol. The SMILES string of the molecule is CCCCN(CCCC)C1=Nc2ccccc2-n2cnnc2C1Cl. The van der Waals surface area contributed by atoms with E-state index in [4.69, 9.17) is 16.6 Å². The lowest BCUT2D eigenvalue weighted by Gasteiger charge is -2.27. The van der Waals surface area contributed by atoms with E-state index in [0.717, 1.165) is 61.8 Å². The molecule has 0 spiro atoms. The molecule has 0 aliphatic carbocycles. The smallest absolute Gasteiger partial charge is 0.163 e. The van der Waals surface area contributed by atoms with Gasteiger partial charge in [-0.2, -0.15) is 0 Å². The number of aliphatic imine (C=N–C) groups is 1. The number of halogens is 1. The van der Waals surface area contributed by atoms with Gasteiger partial charge in [0, 0.05) is 13.1 Å². The van der Waals surface area contributed by atoms with Crippen LogP contribution in [0, 0.1) is 0 Å². The highest BCUT2D eigenvalue weighted by Gasteiger charge is 2.29. The Hall–Kier alpha value is -1.88. The number of fused-ring (bicyclic) bond motifs is 3. The van der Waals surface area contributed by atoms with E-state index in [1.54, 1.807) is 6.33 Å². The van der Waals surface area contributed by atoms with Gasteiger partial charge >= 0.3 is 0 Å². The zero-order valence-corrected chi connectivity index (χ0v) is 15.1. The van der Waals surface area contributed by atoms with Crippen LogP contribution in [0.1, 0.15) is 50.7 Å². The van der Waals surface area contributed by atoms with Crippen LogP contribution in [0.25, 0.3) is 5.69 Å². The Kier molecular flexibility index (Phi) is 5.51. The van der Waals surface area contributed by atoms with Gasteiger partial charge in [-0.3, -0.25) is 4.57 Å². The van der Waals surface area contributed by atoms with Gasteiger partial charge in [-0.05, 0) is 25.0 Å². The van der Waals surface area contributed by atoms with Crippen molar-refractivity contribution in [3.8, 4) is 5.69 Å². The molecule has 0 fully saturated rings. The number of unbranched alkanes of at least 4 members (excludes halogenated alkanes) is 2. The maximum Gasteiger partial charge on any atom is 0.163 e. The van der Waals surface area contributed by atoms with Crippen molar-refractivity contribution in [3.05, 3.63) is 36.4 Å². The van der Waals surface area contributed by atoms with Gasteiger partial charge in [0.05, 0.1) is 11.4 Å². The number of hydrogen-bond acceptors (Lipinski definition) is 4. The van der Waals surface area contributed by atoms with Crippen molar-refractivity contribution in [1.29, 1.82) is 0 Å². The van der Waals surface area contributed by atoms with Gasteiger partial charge < -0.3 is 4.90 Å². The fourth-order valence-electron chi connectivity index (χ4n) is 2.93. The highest BCUT2D eigenvalue weighted by Crippen LogP contribution is 2.34. The summed E-state index contributed by atoms with van der Waals surface area (Å²) >= 11 is 6.81. The number of benzene rings is 1. The Balaban J connectivity index is 2.04. The molecule has 0 N–H and O–H groups in total. The Labute approximate surface area is 148 Å². The number of nitrogens with zero attached hydrogens (tertiary/aromatic N) is 5. The molecule has 1 aliphatic heterocycles. The number of amidine groups is 1. The minimum atomic E-state index is -0.395. The number of rotatable bonds is 6. The van der Waals surface area contributed by atoms with Crippen LogP contribution in [0.2, 0.25) is 0 Å². The largest absolute Gasteiger partial charge is 0.358 e.